The molecule has 0 aliphatic carbocycles. The molecule has 0 radical (unpaired) electrons. The molecule has 0 fully saturated rings. The smallest absolute Gasteiger partial charge is 0.263 e. The third-order valence-electron chi connectivity index (χ3n) is 3.18. The number of aromatic nitrogens is 5. The van der Waals surface area contributed by atoms with Crippen molar-refractivity contribution in [2.45, 2.75) is 20.0 Å². The van der Waals surface area contributed by atoms with Gasteiger partial charge >= 0.3 is 0 Å². The molecular weight excluding hydrogens is 340 g/mol. The van der Waals surface area contributed by atoms with Crippen LogP contribution in [0, 0.1) is 6.92 Å². The third-order valence-corrected chi connectivity index (χ3v) is 3.36. The molecule has 0 N–H and O–H groups in total. The van der Waals surface area contributed by atoms with Gasteiger partial charge in [-0.2, -0.15) is 4.98 Å². The standard InChI is InChI=1S/C15H12ClF2N5O/c1-9-6-19-15(16)20-14(9)24-8-11-7-23(22-21-11)12-4-2-3-10(5-12)13(17)18/h2-7,13H,8H2,1H3. The van der Waals surface area contributed by atoms with E-state index in [9.17, 15) is 8.78 Å². The maximum Gasteiger partial charge on any atom is 0.263 e. The van der Waals surface area contributed by atoms with E-state index in [1.165, 1.54) is 16.8 Å². The first-order chi connectivity index (χ1) is 11.5. The monoisotopic (exact) mass is 351 g/mol. The zero-order valence-corrected chi connectivity index (χ0v) is 13.3. The van der Waals surface area contributed by atoms with Crippen molar-refractivity contribution in [2.75, 3.05) is 0 Å². The Bertz CT molecular complexity index is 855. The number of nitrogens with zero attached hydrogens (tertiary/aromatic N) is 5. The fraction of sp³-hybridized carbons (Fsp3) is 0.200. The van der Waals surface area contributed by atoms with E-state index in [2.05, 4.69) is 20.3 Å². The second-order valence-corrected chi connectivity index (χ2v) is 5.30. The lowest BCUT2D eigenvalue weighted by molar-refractivity contribution is 0.151. The van der Waals surface area contributed by atoms with Crippen LogP contribution in [0.1, 0.15) is 23.2 Å². The van der Waals surface area contributed by atoms with E-state index in [4.69, 9.17) is 16.3 Å². The Morgan fingerprint density at radius 2 is 2.17 bits per heavy atom. The van der Waals surface area contributed by atoms with Crippen molar-refractivity contribution in [3.05, 3.63) is 58.8 Å². The van der Waals surface area contributed by atoms with Gasteiger partial charge < -0.3 is 4.74 Å². The van der Waals surface area contributed by atoms with Gasteiger partial charge in [0.25, 0.3) is 6.43 Å². The first-order valence-electron chi connectivity index (χ1n) is 6.94. The highest BCUT2D eigenvalue weighted by molar-refractivity contribution is 6.28. The molecule has 0 amide bonds. The normalized spacial score (nSPS) is 11.0. The van der Waals surface area contributed by atoms with Gasteiger partial charge in [-0.1, -0.05) is 17.3 Å². The molecule has 0 saturated heterocycles. The maximum atomic E-state index is 12.8. The number of alkyl halides is 2. The van der Waals surface area contributed by atoms with Crippen molar-refractivity contribution in [3.63, 3.8) is 0 Å². The number of aryl methyl sites for hydroxylation is 1. The molecule has 2 aromatic heterocycles. The van der Waals surface area contributed by atoms with Gasteiger partial charge in [-0.25, -0.2) is 18.4 Å². The molecule has 0 saturated carbocycles. The van der Waals surface area contributed by atoms with Gasteiger partial charge in [0.05, 0.1) is 11.9 Å². The minimum atomic E-state index is -2.54. The molecule has 24 heavy (non-hydrogen) atoms. The molecular formula is C15H12ClF2N5O. The molecule has 9 heteroatoms. The van der Waals surface area contributed by atoms with Gasteiger partial charge in [0.2, 0.25) is 11.2 Å². The van der Waals surface area contributed by atoms with Crippen molar-refractivity contribution >= 4 is 11.6 Å². The van der Waals surface area contributed by atoms with Crippen LogP contribution in [0.15, 0.2) is 36.7 Å². The lowest BCUT2D eigenvalue weighted by Gasteiger charge is -2.05. The highest BCUT2D eigenvalue weighted by Crippen LogP contribution is 2.21. The molecule has 0 bridgehead atoms. The Kier molecular flexibility index (Phi) is 4.66. The molecule has 0 aliphatic rings. The van der Waals surface area contributed by atoms with E-state index in [0.29, 0.717) is 17.3 Å². The zero-order chi connectivity index (χ0) is 17.1. The molecule has 0 atom stereocenters. The van der Waals surface area contributed by atoms with Gasteiger partial charge in [0, 0.05) is 17.3 Å². The predicted octanol–water partition coefficient (Wildman–Crippen LogP) is 3.54. The molecule has 2 heterocycles. The average molecular weight is 352 g/mol. The minimum absolute atomic E-state index is 0.0768. The van der Waals surface area contributed by atoms with Crippen LogP contribution in [0.2, 0.25) is 5.28 Å². The van der Waals surface area contributed by atoms with Crippen LogP contribution in [0.5, 0.6) is 5.88 Å². The average Bonchev–Trinajstić information content (AvgIpc) is 3.05. The first-order valence-corrected chi connectivity index (χ1v) is 7.32. The molecule has 124 valence electrons. The summed E-state index contributed by atoms with van der Waals surface area (Å²) in [6, 6.07) is 5.93. The summed E-state index contributed by atoms with van der Waals surface area (Å²) in [6.07, 6.45) is 0.613. The van der Waals surface area contributed by atoms with Gasteiger partial charge in [0.1, 0.15) is 12.3 Å². The fourth-order valence-electron chi connectivity index (χ4n) is 1.99. The zero-order valence-electron chi connectivity index (χ0n) is 12.5. The van der Waals surface area contributed by atoms with Crippen LogP contribution in [-0.2, 0) is 6.61 Å². The molecule has 0 aliphatic heterocycles. The van der Waals surface area contributed by atoms with E-state index in [-0.39, 0.29) is 17.5 Å². The summed E-state index contributed by atoms with van der Waals surface area (Å²) in [4.78, 5) is 7.82. The lowest BCUT2D eigenvalue weighted by atomic mass is 10.2. The van der Waals surface area contributed by atoms with Crippen molar-refractivity contribution in [1.82, 2.24) is 25.0 Å². The van der Waals surface area contributed by atoms with Crippen LogP contribution < -0.4 is 4.74 Å². The Balaban J connectivity index is 1.74. The largest absolute Gasteiger partial charge is 0.471 e. The van der Waals surface area contributed by atoms with Crippen LogP contribution in [-0.4, -0.2) is 25.0 Å². The Hall–Kier alpha value is -2.61. The number of ether oxygens (including phenoxy) is 1. The molecule has 0 unspecified atom stereocenters. The minimum Gasteiger partial charge on any atom is -0.471 e. The van der Waals surface area contributed by atoms with Crippen molar-refractivity contribution in [1.29, 1.82) is 0 Å². The third kappa shape index (κ3) is 3.65. The summed E-state index contributed by atoms with van der Waals surface area (Å²) >= 11 is 5.73. The maximum absolute atomic E-state index is 12.8. The van der Waals surface area contributed by atoms with Crippen LogP contribution >= 0.6 is 11.6 Å². The topological polar surface area (TPSA) is 65.7 Å². The van der Waals surface area contributed by atoms with E-state index < -0.39 is 6.43 Å². The number of hydrogen-bond acceptors (Lipinski definition) is 5. The number of rotatable bonds is 5. The van der Waals surface area contributed by atoms with Crippen molar-refractivity contribution in [3.8, 4) is 11.6 Å². The van der Waals surface area contributed by atoms with Crippen LogP contribution in [0.3, 0.4) is 0 Å². The molecule has 3 aromatic rings. The molecule has 1 aromatic carbocycles. The highest BCUT2D eigenvalue weighted by atomic mass is 35.5. The second-order valence-electron chi connectivity index (χ2n) is 4.97. The quantitative estimate of drug-likeness (QED) is 0.658. The summed E-state index contributed by atoms with van der Waals surface area (Å²) in [5.74, 6) is 0.351. The van der Waals surface area contributed by atoms with Gasteiger partial charge in [-0.05, 0) is 30.7 Å². The number of benzene rings is 1. The fourth-order valence-corrected chi connectivity index (χ4v) is 2.11. The van der Waals surface area contributed by atoms with Crippen molar-refractivity contribution < 1.29 is 13.5 Å². The second kappa shape index (κ2) is 6.88. The molecule has 0 spiro atoms. The SMILES string of the molecule is Cc1cnc(Cl)nc1OCc1cn(-c2cccc(C(F)F)c2)nn1. The predicted molar refractivity (Wildman–Crippen MR) is 82.4 cm³/mol. The molecule has 3 rings (SSSR count). The van der Waals surface area contributed by atoms with Gasteiger partial charge in [-0.3, -0.25) is 0 Å². The van der Waals surface area contributed by atoms with Crippen molar-refractivity contribution in [2.24, 2.45) is 0 Å². The highest BCUT2D eigenvalue weighted by Gasteiger charge is 2.10. The van der Waals surface area contributed by atoms with Crippen LogP contribution in [0.25, 0.3) is 5.69 Å². The van der Waals surface area contributed by atoms with E-state index in [0.717, 1.165) is 5.56 Å². The number of halogens is 3. The summed E-state index contributed by atoms with van der Waals surface area (Å²) in [6.45, 7) is 1.90. The summed E-state index contributed by atoms with van der Waals surface area (Å²) in [5.41, 5.74) is 1.67. The Morgan fingerprint density at radius 1 is 1.33 bits per heavy atom. The van der Waals surface area contributed by atoms with Gasteiger partial charge in [0.15, 0.2) is 0 Å². The summed E-state index contributed by atoms with van der Waals surface area (Å²) in [7, 11) is 0. The lowest BCUT2D eigenvalue weighted by Crippen LogP contribution is -2.00. The van der Waals surface area contributed by atoms with Gasteiger partial charge in [-0.15, -0.1) is 5.10 Å². The number of hydrogen-bond donors (Lipinski definition) is 0. The first kappa shape index (κ1) is 16.3. The van der Waals surface area contributed by atoms with Crippen LogP contribution in [0.4, 0.5) is 8.78 Å². The Morgan fingerprint density at radius 3 is 2.96 bits per heavy atom. The van der Waals surface area contributed by atoms with E-state index in [1.54, 1.807) is 31.5 Å². The summed E-state index contributed by atoms with van der Waals surface area (Å²) < 4.78 is 32.5. The molecule has 6 nitrogen and oxygen atoms in total. The van der Waals surface area contributed by atoms with E-state index in [1.807, 2.05) is 0 Å². The van der Waals surface area contributed by atoms with E-state index >= 15 is 0 Å². The summed E-state index contributed by atoms with van der Waals surface area (Å²) in [5, 5.41) is 7.97. The Labute approximate surface area is 141 Å².